The number of Topliss-reactive ketones (excluding diaryl/α,β-unsaturated/α-hetero) is 1. The van der Waals surface area contributed by atoms with Gasteiger partial charge in [0.15, 0.2) is 12.4 Å². The summed E-state index contributed by atoms with van der Waals surface area (Å²) in [5.41, 5.74) is 4.24. The fourth-order valence-corrected chi connectivity index (χ4v) is 3.77. The van der Waals surface area contributed by atoms with E-state index in [2.05, 4.69) is 11.4 Å². The van der Waals surface area contributed by atoms with Crippen LogP contribution in [0.15, 0.2) is 41.3 Å². The Hall–Kier alpha value is -2.60. The normalized spacial score (nSPS) is 15.2. The van der Waals surface area contributed by atoms with Gasteiger partial charge in [-0.15, -0.1) is 11.8 Å². The number of fused-ring (bicyclic) bond motifs is 1. The first-order chi connectivity index (χ1) is 12.8. The van der Waals surface area contributed by atoms with Crippen LogP contribution in [0.1, 0.15) is 39.9 Å². The summed E-state index contributed by atoms with van der Waals surface area (Å²) in [4.78, 5) is 37.0. The topological polar surface area (TPSA) is 72.5 Å². The molecule has 0 unspecified atom stereocenters. The van der Waals surface area contributed by atoms with E-state index in [1.165, 1.54) is 17.3 Å². The molecule has 3 rings (SSSR count). The molecule has 0 fully saturated rings. The minimum absolute atomic E-state index is 0.0792. The van der Waals surface area contributed by atoms with Crippen molar-refractivity contribution < 1.29 is 19.1 Å². The fraction of sp³-hybridized carbons (Fsp3) is 0.286. The number of hydrogen-bond acceptors (Lipinski definition) is 5. The van der Waals surface area contributed by atoms with Crippen LogP contribution in [0, 0.1) is 13.8 Å². The Balaban J connectivity index is 1.53. The summed E-state index contributed by atoms with van der Waals surface area (Å²) in [6, 6.07) is 11.1. The Labute approximate surface area is 162 Å². The molecule has 5 nitrogen and oxygen atoms in total. The molecule has 0 saturated heterocycles. The average molecular weight is 383 g/mol. The number of esters is 1. The SMILES string of the molecule is Cc1ccc(SCC(=O)OCC(=O)c2ccc3c(c2)[C@H](C)C(=O)N3)c(C)c1. The number of ether oxygens (including phenoxy) is 1. The number of aryl methyl sites for hydroxylation is 2. The number of hydrogen-bond donors (Lipinski definition) is 1. The van der Waals surface area contributed by atoms with E-state index in [1.54, 1.807) is 25.1 Å². The van der Waals surface area contributed by atoms with Crippen molar-refractivity contribution in [1.82, 2.24) is 0 Å². The van der Waals surface area contributed by atoms with Crippen LogP contribution in [0.4, 0.5) is 5.69 Å². The maximum absolute atomic E-state index is 12.3. The predicted molar refractivity (Wildman–Crippen MR) is 105 cm³/mol. The van der Waals surface area contributed by atoms with E-state index in [-0.39, 0.29) is 30.0 Å². The second-order valence-corrected chi connectivity index (χ2v) is 7.67. The number of thioether (sulfide) groups is 1. The fourth-order valence-electron chi connectivity index (χ4n) is 2.96. The number of amides is 1. The number of benzene rings is 2. The van der Waals surface area contributed by atoms with Crippen LogP contribution in [-0.2, 0) is 14.3 Å². The van der Waals surface area contributed by atoms with Gasteiger partial charge in [0.1, 0.15) is 0 Å². The summed E-state index contributed by atoms with van der Waals surface area (Å²) in [6.45, 7) is 5.51. The minimum atomic E-state index is -0.431. The highest BCUT2D eigenvalue weighted by Crippen LogP contribution is 2.32. The van der Waals surface area contributed by atoms with Crippen molar-refractivity contribution >= 4 is 35.1 Å². The van der Waals surface area contributed by atoms with Crippen LogP contribution in [0.5, 0.6) is 0 Å². The quantitative estimate of drug-likeness (QED) is 0.466. The summed E-state index contributed by atoms with van der Waals surface area (Å²) >= 11 is 1.40. The van der Waals surface area contributed by atoms with Crippen LogP contribution in [-0.4, -0.2) is 30.0 Å². The van der Waals surface area contributed by atoms with Gasteiger partial charge < -0.3 is 10.1 Å². The predicted octanol–water partition coefficient (Wildman–Crippen LogP) is 3.88. The monoisotopic (exact) mass is 383 g/mol. The molecular weight excluding hydrogens is 362 g/mol. The minimum Gasteiger partial charge on any atom is -0.457 e. The highest BCUT2D eigenvalue weighted by atomic mass is 32.2. The molecule has 0 bridgehead atoms. The van der Waals surface area contributed by atoms with Gasteiger partial charge in [-0.25, -0.2) is 0 Å². The highest BCUT2D eigenvalue weighted by molar-refractivity contribution is 8.00. The molecule has 27 heavy (non-hydrogen) atoms. The van der Waals surface area contributed by atoms with Crippen molar-refractivity contribution in [2.75, 3.05) is 17.7 Å². The van der Waals surface area contributed by atoms with Crippen molar-refractivity contribution in [3.63, 3.8) is 0 Å². The van der Waals surface area contributed by atoms with Crippen LogP contribution in [0.3, 0.4) is 0 Å². The van der Waals surface area contributed by atoms with Crippen molar-refractivity contribution in [1.29, 1.82) is 0 Å². The van der Waals surface area contributed by atoms with E-state index >= 15 is 0 Å². The number of anilines is 1. The van der Waals surface area contributed by atoms with Crippen LogP contribution in [0.25, 0.3) is 0 Å². The van der Waals surface area contributed by atoms with E-state index in [0.717, 1.165) is 21.7 Å². The van der Waals surface area contributed by atoms with E-state index in [4.69, 9.17) is 4.74 Å². The third-order valence-corrected chi connectivity index (χ3v) is 5.68. The lowest BCUT2D eigenvalue weighted by atomic mass is 9.99. The zero-order chi connectivity index (χ0) is 19.6. The molecule has 0 aliphatic carbocycles. The summed E-state index contributed by atoms with van der Waals surface area (Å²) < 4.78 is 5.12. The summed E-state index contributed by atoms with van der Waals surface area (Å²) in [5, 5.41) is 2.77. The first kappa shape index (κ1) is 19.2. The lowest BCUT2D eigenvalue weighted by molar-refractivity contribution is -0.139. The first-order valence-electron chi connectivity index (χ1n) is 8.69. The van der Waals surface area contributed by atoms with E-state index in [9.17, 15) is 14.4 Å². The molecule has 140 valence electrons. The lowest BCUT2D eigenvalue weighted by Gasteiger charge is -2.08. The maximum Gasteiger partial charge on any atom is 0.316 e. The molecule has 0 aromatic heterocycles. The van der Waals surface area contributed by atoms with Crippen LogP contribution < -0.4 is 5.32 Å². The standard InChI is InChI=1S/C21H21NO4S/c1-12-4-7-19(13(2)8-12)27-11-20(24)26-10-18(23)15-5-6-17-16(9-15)14(3)21(25)22-17/h4-9,14H,10-11H2,1-3H3,(H,22,25)/t14-/m0/s1. The third kappa shape index (κ3) is 4.39. The Morgan fingerprint density at radius 2 is 1.93 bits per heavy atom. The van der Waals surface area contributed by atoms with Gasteiger partial charge in [-0.3, -0.25) is 14.4 Å². The van der Waals surface area contributed by atoms with Gasteiger partial charge in [-0.1, -0.05) is 17.7 Å². The molecule has 0 saturated carbocycles. The molecule has 1 amide bonds. The zero-order valence-corrected chi connectivity index (χ0v) is 16.3. The zero-order valence-electron chi connectivity index (χ0n) is 15.5. The van der Waals surface area contributed by atoms with Crippen LogP contribution in [0.2, 0.25) is 0 Å². The Kier molecular flexibility index (Phi) is 5.65. The third-order valence-electron chi connectivity index (χ3n) is 4.53. The van der Waals surface area contributed by atoms with Gasteiger partial charge in [-0.05, 0) is 56.2 Å². The van der Waals surface area contributed by atoms with Gasteiger partial charge in [0, 0.05) is 16.1 Å². The van der Waals surface area contributed by atoms with Gasteiger partial charge in [0.05, 0.1) is 11.7 Å². The van der Waals surface area contributed by atoms with Crippen molar-refractivity contribution in [2.45, 2.75) is 31.6 Å². The molecule has 0 radical (unpaired) electrons. The van der Waals surface area contributed by atoms with Gasteiger partial charge in [-0.2, -0.15) is 0 Å². The Bertz CT molecular complexity index is 922. The largest absolute Gasteiger partial charge is 0.457 e. The number of carbonyl (C=O) groups is 3. The van der Waals surface area contributed by atoms with E-state index in [0.29, 0.717) is 5.56 Å². The average Bonchev–Trinajstić information content (AvgIpc) is 2.92. The highest BCUT2D eigenvalue weighted by Gasteiger charge is 2.27. The smallest absolute Gasteiger partial charge is 0.316 e. The molecule has 0 spiro atoms. The summed E-state index contributed by atoms with van der Waals surface area (Å²) in [7, 11) is 0. The summed E-state index contributed by atoms with van der Waals surface area (Å²) in [6.07, 6.45) is 0. The summed E-state index contributed by atoms with van der Waals surface area (Å²) in [5.74, 6) is -0.931. The Morgan fingerprint density at radius 3 is 2.67 bits per heavy atom. The van der Waals surface area contributed by atoms with Gasteiger partial charge >= 0.3 is 5.97 Å². The Morgan fingerprint density at radius 1 is 1.15 bits per heavy atom. The molecule has 2 aromatic rings. The molecule has 1 N–H and O–H groups in total. The van der Waals surface area contributed by atoms with Crippen molar-refractivity contribution in [2.24, 2.45) is 0 Å². The second-order valence-electron chi connectivity index (χ2n) is 6.65. The van der Waals surface area contributed by atoms with E-state index in [1.807, 2.05) is 26.0 Å². The number of nitrogens with one attached hydrogen (secondary N) is 1. The van der Waals surface area contributed by atoms with Gasteiger partial charge in [0.2, 0.25) is 5.91 Å². The van der Waals surface area contributed by atoms with Crippen molar-refractivity contribution in [3.8, 4) is 0 Å². The van der Waals surface area contributed by atoms with Gasteiger partial charge in [0.25, 0.3) is 0 Å². The maximum atomic E-state index is 12.3. The molecule has 1 atom stereocenters. The molecule has 2 aromatic carbocycles. The molecular formula is C21H21NO4S. The number of rotatable bonds is 6. The van der Waals surface area contributed by atoms with Crippen molar-refractivity contribution in [3.05, 3.63) is 58.7 Å². The molecule has 1 heterocycles. The second kappa shape index (κ2) is 7.96. The number of ketones is 1. The number of carbonyl (C=O) groups excluding carboxylic acids is 3. The lowest BCUT2D eigenvalue weighted by Crippen LogP contribution is -2.15. The van der Waals surface area contributed by atoms with E-state index < -0.39 is 5.97 Å². The van der Waals surface area contributed by atoms with Crippen LogP contribution >= 0.6 is 11.8 Å². The molecule has 1 aliphatic rings. The molecule has 1 aliphatic heterocycles. The first-order valence-corrected chi connectivity index (χ1v) is 9.67. The molecule has 6 heteroatoms.